The number of amides is 1. The first-order chi connectivity index (χ1) is 13.1. The average molecular weight is 378 g/mol. The molecule has 2 aliphatic heterocycles. The van der Waals surface area contributed by atoms with Crippen molar-refractivity contribution in [2.45, 2.75) is 82.3 Å². The maximum Gasteiger partial charge on any atom is 0.255 e. The van der Waals surface area contributed by atoms with Crippen LogP contribution in [0.5, 0.6) is 0 Å². The fourth-order valence-electron chi connectivity index (χ4n) is 5.70. The third-order valence-corrected chi connectivity index (χ3v) is 7.61. The van der Waals surface area contributed by atoms with Gasteiger partial charge in [-0.3, -0.25) is 14.6 Å². The van der Waals surface area contributed by atoms with E-state index in [9.17, 15) is 9.90 Å². The smallest absolute Gasteiger partial charge is 0.255 e. The molecule has 4 rings (SSSR count). The quantitative estimate of drug-likeness (QED) is 0.800. The van der Waals surface area contributed by atoms with Crippen LogP contribution in [0.25, 0.3) is 0 Å². The topological polar surface area (TPSA) is 47.0 Å². The van der Waals surface area contributed by atoms with Gasteiger partial charge in [-0.1, -0.05) is 25.7 Å². The predicted molar refractivity (Wildman–Crippen MR) is 108 cm³/mol. The Labute approximate surface area is 165 Å². The molecule has 1 atom stereocenters. The molecule has 27 heavy (non-hydrogen) atoms. The molecule has 5 heteroatoms. The van der Waals surface area contributed by atoms with Gasteiger partial charge in [-0.2, -0.15) is 0 Å². The van der Waals surface area contributed by atoms with E-state index in [1.54, 1.807) is 0 Å². The summed E-state index contributed by atoms with van der Waals surface area (Å²) in [4.78, 5) is 20.1. The van der Waals surface area contributed by atoms with Crippen molar-refractivity contribution in [2.75, 3.05) is 45.8 Å². The lowest BCUT2D eigenvalue weighted by molar-refractivity contribution is -0.160. The van der Waals surface area contributed by atoms with Crippen LogP contribution in [0.1, 0.15) is 70.6 Å². The number of nitrogens with zero attached hydrogens (tertiary/aromatic N) is 3. The van der Waals surface area contributed by atoms with E-state index in [-0.39, 0.29) is 5.91 Å². The molecule has 2 saturated carbocycles. The first kappa shape index (κ1) is 19.7. The van der Waals surface area contributed by atoms with Gasteiger partial charge in [0.25, 0.3) is 5.91 Å². The van der Waals surface area contributed by atoms with Crippen LogP contribution in [-0.4, -0.2) is 83.2 Å². The van der Waals surface area contributed by atoms with Crippen molar-refractivity contribution in [1.82, 2.24) is 14.7 Å². The summed E-state index contributed by atoms with van der Waals surface area (Å²) in [6.07, 6.45) is 13.4. The van der Waals surface area contributed by atoms with Gasteiger partial charge in [0, 0.05) is 38.8 Å². The number of hydrogen-bond donors (Lipinski definition) is 1. The molecular formula is C22H39N3O2. The van der Waals surface area contributed by atoms with Crippen LogP contribution in [0.3, 0.4) is 0 Å². The first-order valence-corrected chi connectivity index (χ1v) is 11.6. The van der Waals surface area contributed by atoms with Gasteiger partial charge in [-0.25, -0.2) is 0 Å². The van der Waals surface area contributed by atoms with E-state index in [1.807, 2.05) is 4.90 Å². The molecule has 4 aliphatic rings. The van der Waals surface area contributed by atoms with Gasteiger partial charge in [0.2, 0.25) is 0 Å². The average Bonchev–Trinajstić information content (AvgIpc) is 2.88. The lowest BCUT2D eigenvalue weighted by Crippen LogP contribution is -2.59. The number of carbonyl (C=O) groups is 1. The van der Waals surface area contributed by atoms with E-state index in [4.69, 9.17) is 0 Å². The van der Waals surface area contributed by atoms with E-state index in [1.165, 1.54) is 57.9 Å². The van der Waals surface area contributed by atoms with Gasteiger partial charge in [0.15, 0.2) is 5.60 Å². The molecule has 0 radical (unpaired) electrons. The first-order valence-electron chi connectivity index (χ1n) is 11.6. The van der Waals surface area contributed by atoms with Gasteiger partial charge < -0.3 is 10.0 Å². The minimum atomic E-state index is -1.15. The third-order valence-electron chi connectivity index (χ3n) is 7.61. The van der Waals surface area contributed by atoms with E-state index in [2.05, 4.69) is 9.80 Å². The highest BCUT2D eigenvalue weighted by Crippen LogP contribution is 2.31. The summed E-state index contributed by atoms with van der Waals surface area (Å²) in [7, 11) is 0. The predicted octanol–water partition coefficient (Wildman–Crippen LogP) is 2.48. The minimum absolute atomic E-state index is 0.00836. The van der Waals surface area contributed by atoms with Gasteiger partial charge in [-0.15, -0.1) is 0 Å². The Morgan fingerprint density at radius 3 is 2.41 bits per heavy atom. The summed E-state index contributed by atoms with van der Waals surface area (Å²) in [5.41, 5.74) is -1.15. The minimum Gasteiger partial charge on any atom is -0.379 e. The van der Waals surface area contributed by atoms with E-state index in [0.717, 1.165) is 51.6 Å². The normalized spacial score (nSPS) is 33.1. The molecule has 4 fully saturated rings. The number of piperidine rings is 1. The zero-order valence-corrected chi connectivity index (χ0v) is 17.1. The maximum atomic E-state index is 13.0. The van der Waals surface area contributed by atoms with Crippen LogP contribution in [-0.2, 0) is 4.79 Å². The lowest BCUT2D eigenvalue weighted by atomic mass is 9.83. The van der Waals surface area contributed by atoms with Crippen molar-refractivity contribution < 1.29 is 9.90 Å². The molecule has 2 aliphatic carbocycles. The van der Waals surface area contributed by atoms with Crippen LogP contribution < -0.4 is 0 Å². The van der Waals surface area contributed by atoms with Crippen molar-refractivity contribution in [3.05, 3.63) is 0 Å². The van der Waals surface area contributed by atoms with Gasteiger partial charge >= 0.3 is 0 Å². The highest BCUT2D eigenvalue weighted by molar-refractivity contribution is 5.86. The molecule has 5 nitrogen and oxygen atoms in total. The second-order valence-electron chi connectivity index (χ2n) is 9.64. The number of likely N-dealkylation sites (tertiary alicyclic amines) is 1. The molecule has 1 unspecified atom stereocenters. The number of carbonyl (C=O) groups excluding carboxylic acids is 1. The zero-order valence-electron chi connectivity index (χ0n) is 17.1. The van der Waals surface area contributed by atoms with E-state index >= 15 is 0 Å². The number of rotatable bonds is 5. The Morgan fingerprint density at radius 1 is 0.852 bits per heavy atom. The van der Waals surface area contributed by atoms with E-state index < -0.39 is 5.60 Å². The summed E-state index contributed by atoms with van der Waals surface area (Å²) in [6, 6.07) is 0.774. The largest absolute Gasteiger partial charge is 0.379 e. The summed E-state index contributed by atoms with van der Waals surface area (Å²) in [5, 5.41) is 11.2. The number of hydrogen-bond acceptors (Lipinski definition) is 4. The Balaban J connectivity index is 1.31. The second-order valence-corrected chi connectivity index (χ2v) is 9.64. The summed E-state index contributed by atoms with van der Waals surface area (Å²) in [5.74, 6) is 0.688. The molecule has 2 saturated heterocycles. The Morgan fingerprint density at radius 2 is 1.67 bits per heavy atom. The van der Waals surface area contributed by atoms with Crippen LogP contribution in [0, 0.1) is 5.92 Å². The van der Waals surface area contributed by atoms with Gasteiger partial charge in [-0.05, 0) is 64.0 Å². The van der Waals surface area contributed by atoms with Crippen LogP contribution >= 0.6 is 0 Å². The molecule has 1 N–H and O–H groups in total. The van der Waals surface area contributed by atoms with Crippen LogP contribution in [0.4, 0.5) is 0 Å². The fraction of sp³-hybridized carbons (Fsp3) is 0.955. The highest BCUT2D eigenvalue weighted by atomic mass is 16.3. The molecule has 154 valence electrons. The molecule has 0 aromatic rings. The summed E-state index contributed by atoms with van der Waals surface area (Å²) < 4.78 is 0. The molecule has 0 spiro atoms. The SMILES string of the molecule is O=C1N(CC2CCC2)CCCC1(O)CN1CCCN(C2CCCCC2)CC1. The van der Waals surface area contributed by atoms with Gasteiger partial charge in [0.1, 0.15) is 0 Å². The fourth-order valence-corrected chi connectivity index (χ4v) is 5.70. The molecule has 0 aromatic carbocycles. The van der Waals surface area contributed by atoms with E-state index in [0.29, 0.717) is 18.9 Å². The van der Waals surface area contributed by atoms with Crippen LogP contribution in [0.2, 0.25) is 0 Å². The third kappa shape index (κ3) is 4.68. The summed E-state index contributed by atoms with van der Waals surface area (Å²) >= 11 is 0. The van der Waals surface area contributed by atoms with Crippen molar-refractivity contribution >= 4 is 5.91 Å². The standard InChI is InChI=1S/C22H39N3O2/c26-21-22(27,11-5-13-25(21)17-19-7-4-8-19)18-23-12-6-14-24(16-15-23)20-9-2-1-3-10-20/h19-20,27H,1-18H2. The molecular weight excluding hydrogens is 338 g/mol. The summed E-state index contributed by atoms with van der Waals surface area (Å²) in [6.45, 7) is 6.54. The lowest BCUT2D eigenvalue weighted by Gasteiger charge is -2.43. The Kier molecular flexibility index (Phi) is 6.40. The molecule has 0 bridgehead atoms. The van der Waals surface area contributed by atoms with Crippen molar-refractivity contribution in [3.8, 4) is 0 Å². The molecule has 2 heterocycles. The van der Waals surface area contributed by atoms with Crippen molar-refractivity contribution in [1.29, 1.82) is 0 Å². The second kappa shape index (κ2) is 8.79. The monoisotopic (exact) mass is 377 g/mol. The number of aliphatic hydroxyl groups is 1. The molecule has 0 aromatic heterocycles. The highest BCUT2D eigenvalue weighted by Gasteiger charge is 2.44. The van der Waals surface area contributed by atoms with Crippen molar-refractivity contribution in [2.24, 2.45) is 5.92 Å². The maximum absolute atomic E-state index is 13.0. The number of β-amino-alcohol motifs (C(OH)–C–C–N with tert-alkyl or cyclic N) is 1. The Bertz CT molecular complexity index is 504. The zero-order chi connectivity index (χ0) is 18.7. The van der Waals surface area contributed by atoms with Gasteiger partial charge in [0.05, 0.1) is 0 Å². The Hall–Kier alpha value is -0.650. The van der Waals surface area contributed by atoms with Crippen LogP contribution in [0.15, 0.2) is 0 Å². The van der Waals surface area contributed by atoms with Crippen molar-refractivity contribution in [3.63, 3.8) is 0 Å². The molecule has 1 amide bonds.